The molecule has 0 saturated carbocycles. The van der Waals surface area contributed by atoms with Crippen molar-refractivity contribution >= 4 is 18.2 Å². The quantitative estimate of drug-likeness (QED) is 0.168. The molecule has 45 heavy (non-hydrogen) atoms. The fourth-order valence-electron chi connectivity index (χ4n) is 4.79. The summed E-state index contributed by atoms with van der Waals surface area (Å²) < 4.78 is 50.2. The highest BCUT2D eigenvalue weighted by atomic mass is 19.4. The van der Waals surface area contributed by atoms with Gasteiger partial charge in [0.25, 0.3) is 6.47 Å². The van der Waals surface area contributed by atoms with Crippen LogP contribution in [0.1, 0.15) is 116 Å². The summed E-state index contributed by atoms with van der Waals surface area (Å²) in [6.07, 6.45) is 3.44. The fraction of sp³-hybridized carbons (Fsp3) is 0.647. The van der Waals surface area contributed by atoms with Crippen LogP contribution in [0, 0.1) is 5.92 Å². The van der Waals surface area contributed by atoms with Gasteiger partial charge in [0.2, 0.25) is 5.91 Å². The number of hydrogen-bond donors (Lipinski definition) is 2. The first-order valence-electron chi connectivity index (χ1n) is 16.3. The first-order chi connectivity index (χ1) is 21.6. The molecular formula is C34H53F3N4O4. The van der Waals surface area contributed by atoms with Crippen molar-refractivity contribution in [2.45, 2.75) is 125 Å². The monoisotopic (exact) mass is 638 g/mol. The lowest BCUT2D eigenvalue weighted by Gasteiger charge is -2.23. The molecule has 0 saturated heterocycles. The number of amides is 1. The molecule has 0 radical (unpaired) electrons. The van der Waals surface area contributed by atoms with E-state index in [1.54, 1.807) is 6.92 Å². The number of anilines is 1. The number of fused-ring (bicyclic) bond motifs is 3. The van der Waals surface area contributed by atoms with Crippen LogP contribution in [0.15, 0.2) is 18.2 Å². The van der Waals surface area contributed by atoms with Crippen molar-refractivity contribution in [1.29, 1.82) is 0 Å². The lowest BCUT2D eigenvalue weighted by Crippen LogP contribution is -2.29. The van der Waals surface area contributed by atoms with Gasteiger partial charge in [-0.15, -0.1) is 10.2 Å². The van der Waals surface area contributed by atoms with E-state index < -0.39 is 11.7 Å². The van der Waals surface area contributed by atoms with Gasteiger partial charge in [-0.05, 0) is 55.9 Å². The zero-order chi connectivity index (χ0) is 33.8. The Bertz CT molecular complexity index is 1160. The third-order valence-electron chi connectivity index (χ3n) is 7.28. The standard InChI is InChI=1S/C29H41F3N4O2.C3H6O2.C2H6/c1-5-7-8-9-11-22(6-2)34-27-25(17-33-28(37)19(3)4)24-12-10-15-38-18-20-16-21(29(30,31)32)13-14-23(20)26(24)35-36-27;1-2-5-3-4;1-2/h13-14,16,19,22H,5-12,15,17-18H2,1-4H3,(H,33,37)(H,34,36);3H,2H2,1H3;1-2H3. The molecule has 1 amide bonds. The number of nitrogens with zero attached hydrogens (tertiary/aromatic N) is 2. The second-order valence-corrected chi connectivity index (χ2v) is 10.9. The average molecular weight is 639 g/mol. The lowest BCUT2D eigenvalue weighted by molar-refractivity contribution is -0.137. The van der Waals surface area contributed by atoms with Crippen LogP contribution in [-0.4, -0.2) is 41.8 Å². The molecule has 0 fully saturated rings. The van der Waals surface area contributed by atoms with Crippen molar-refractivity contribution in [3.8, 4) is 11.3 Å². The van der Waals surface area contributed by atoms with Crippen molar-refractivity contribution in [2.75, 3.05) is 18.5 Å². The first kappa shape index (κ1) is 39.8. The number of ether oxygens (including phenoxy) is 2. The molecule has 2 heterocycles. The van der Waals surface area contributed by atoms with Crippen LogP contribution in [0.3, 0.4) is 0 Å². The smallest absolute Gasteiger partial charge is 0.416 e. The van der Waals surface area contributed by atoms with Gasteiger partial charge in [-0.2, -0.15) is 13.2 Å². The molecule has 2 aromatic rings. The van der Waals surface area contributed by atoms with Crippen molar-refractivity contribution in [2.24, 2.45) is 5.92 Å². The van der Waals surface area contributed by atoms with Gasteiger partial charge < -0.3 is 20.1 Å². The van der Waals surface area contributed by atoms with E-state index in [1.165, 1.54) is 25.3 Å². The minimum Gasteiger partial charge on any atom is -0.468 e. The van der Waals surface area contributed by atoms with Crippen LogP contribution in [0.2, 0.25) is 0 Å². The van der Waals surface area contributed by atoms with Crippen LogP contribution in [0.25, 0.3) is 11.3 Å². The van der Waals surface area contributed by atoms with Crippen LogP contribution in [0.4, 0.5) is 19.0 Å². The molecule has 0 spiro atoms. The molecule has 254 valence electrons. The van der Waals surface area contributed by atoms with E-state index in [4.69, 9.17) is 4.74 Å². The minimum atomic E-state index is -4.45. The number of alkyl halides is 3. The molecule has 1 aliphatic rings. The van der Waals surface area contributed by atoms with E-state index in [0.717, 1.165) is 42.5 Å². The highest BCUT2D eigenvalue weighted by molar-refractivity contribution is 5.78. The van der Waals surface area contributed by atoms with Gasteiger partial charge in [-0.3, -0.25) is 9.59 Å². The average Bonchev–Trinajstić information content (AvgIpc) is 3.11. The Morgan fingerprint density at radius 1 is 1.11 bits per heavy atom. The van der Waals surface area contributed by atoms with Crippen molar-refractivity contribution < 1.29 is 32.2 Å². The Kier molecular flexibility index (Phi) is 19.0. The molecular weight excluding hydrogens is 585 g/mol. The Balaban J connectivity index is 0.00000131. The summed E-state index contributed by atoms with van der Waals surface area (Å²) in [4.78, 5) is 21.7. The van der Waals surface area contributed by atoms with Gasteiger partial charge in [0.05, 0.1) is 24.5 Å². The number of nitrogens with one attached hydrogen (secondary N) is 2. The third kappa shape index (κ3) is 13.4. The Morgan fingerprint density at radius 3 is 2.42 bits per heavy atom. The number of carbonyl (C=O) groups is 2. The summed E-state index contributed by atoms with van der Waals surface area (Å²) >= 11 is 0. The van der Waals surface area contributed by atoms with Crippen LogP contribution in [-0.2, 0) is 44.8 Å². The van der Waals surface area contributed by atoms with Crippen LogP contribution < -0.4 is 10.6 Å². The van der Waals surface area contributed by atoms with E-state index in [2.05, 4.69) is 39.4 Å². The number of aromatic nitrogens is 2. The highest BCUT2D eigenvalue weighted by Crippen LogP contribution is 2.37. The van der Waals surface area contributed by atoms with Gasteiger partial charge in [0.15, 0.2) is 5.82 Å². The van der Waals surface area contributed by atoms with Gasteiger partial charge in [-0.1, -0.05) is 73.3 Å². The largest absolute Gasteiger partial charge is 0.468 e. The lowest BCUT2D eigenvalue weighted by atomic mass is 9.94. The number of halogens is 3. The molecule has 1 aromatic heterocycles. The topological polar surface area (TPSA) is 102 Å². The van der Waals surface area contributed by atoms with E-state index in [0.29, 0.717) is 55.2 Å². The molecule has 11 heteroatoms. The Labute approximate surface area is 267 Å². The summed E-state index contributed by atoms with van der Waals surface area (Å²) in [5.41, 5.74) is 2.57. The number of hydrogen-bond acceptors (Lipinski definition) is 7. The maximum Gasteiger partial charge on any atom is 0.416 e. The van der Waals surface area contributed by atoms with Crippen molar-refractivity contribution in [3.05, 3.63) is 40.5 Å². The molecule has 8 nitrogen and oxygen atoms in total. The fourth-order valence-corrected chi connectivity index (χ4v) is 4.79. The van der Waals surface area contributed by atoms with Gasteiger partial charge in [-0.25, -0.2) is 0 Å². The van der Waals surface area contributed by atoms with E-state index >= 15 is 0 Å². The zero-order valence-corrected chi connectivity index (χ0v) is 28.1. The molecule has 1 atom stereocenters. The number of carbonyl (C=O) groups excluding carboxylic acids is 2. The molecule has 3 rings (SSSR count). The summed E-state index contributed by atoms with van der Waals surface area (Å²) in [5, 5.41) is 15.7. The second kappa shape index (κ2) is 21.5. The highest BCUT2D eigenvalue weighted by Gasteiger charge is 2.32. The Morgan fingerprint density at radius 2 is 1.84 bits per heavy atom. The molecule has 1 unspecified atom stereocenters. The maximum absolute atomic E-state index is 13.4. The van der Waals surface area contributed by atoms with Crippen molar-refractivity contribution in [1.82, 2.24) is 15.5 Å². The molecule has 1 aromatic carbocycles. The minimum absolute atomic E-state index is 0.0649. The summed E-state index contributed by atoms with van der Waals surface area (Å²) in [5.74, 6) is 0.376. The predicted molar refractivity (Wildman–Crippen MR) is 173 cm³/mol. The van der Waals surface area contributed by atoms with E-state index in [-0.39, 0.29) is 31.0 Å². The van der Waals surface area contributed by atoms with Gasteiger partial charge in [0, 0.05) is 36.2 Å². The van der Waals surface area contributed by atoms with Gasteiger partial charge >= 0.3 is 6.18 Å². The Hall–Kier alpha value is -3.21. The van der Waals surface area contributed by atoms with E-state index in [1.807, 2.05) is 27.7 Å². The molecule has 1 aliphatic heterocycles. The number of rotatable bonds is 13. The molecule has 0 aliphatic carbocycles. The first-order valence-corrected chi connectivity index (χ1v) is 16.3. The van der Waals surface area contributed by atoms with E-state index in [9.17, 15) is 22.8 Å². The normalized spacial score (nSPS) is 13.2. The summed E-state index contributed by atoms with van der Waals surface area (Å²) in [7, 11) is 0. The van der Waals surface area contributed by atoms with Crippen LogP contribution >= 0.6 is 0 Å². The molecule has 0 bridgehead atoms. The summed E-state index contributed by atoms with van der Waals surface area (Å²) in [6.45, 7) is 15.4. The maximum atomic E-state index is 13.4. The SMILES string of the molecule is CC.CCCCCCC(CC)Nc1nnc2c(c1CNC(=O)C(C)C)CCCOCc1cc(C(F)(F)F)ccc1-2.CCOC=O. The summed E-state index contributed by atoms with van der Waals surface area (Å²) in [6, 6.07) is 3.90. The second-order valence-electron chi connectivity index (χ2n) is 10.9. The number of unbranched alkanes of at least 4 members (excludes halogenated alkanes) is 3. The predicted octanol–water partition coefficient (Wildman–Crippen LogP) is 8.26. The molecule has 2 N–H and O–H groups in total. The van der Waals surface area contributed by atoms with Crippen molar-refractivity contribution in [3.63, 3.8) is 0 Å². The zero-order valence-electron chi connectivity index (χ0n) is 28.1. The number of benzene rings is 1. The van der Waals surface area contributed by atoms with Crippen LogP contribution in [0.5, 0.6) is 0 Å². The van der Waals surface area contributed by atoms with Gasteiger partial charge in [0.1, 0.15) is 0 Å². The third-order valence-corrected chi connectivity index (χ3v) is 7.28.